The first-order chi connectivity index (χ1) is 8.00. The van der Waals surface area contributed by atoms with Gasteiger partial charge in [0.1, 0.15) is 5.82 Å². The van der Waals surface area contributed by atoms with E-state index in [1.54, 1.807) is 17.4 Å². The van der Waals surface area contributed by atoms with E-state index < -0.39 is 5.38 Å². The van der Waals surface area contributed by atoms with Crippen molar-refractivity contribution in [3.8, 4) is 0 Å². The van der Waals surface area contributed by atoms with Crippen LogP contribution in [0.1, 0.15) is 22.1 Å². The Hall–Kier alpha value is -0.0900. The summed E-state index contributed by atoms with van der Waals surface area (Å²) in [7, 11) is 0. The van der Waals surface area contributed by atoms with Crippen LogP contribution in [0.4, 0.5) is 4.39 Å². The highest BCUT2D eigenvalue weighted by atomic mass is 79.9. The van der Waals surface area contributed by atoms with Gasteiger partial charge >= 0.3 is 0 Å². The number of thiophene rings is 1. The molecule has 0 bridgehead atoms. The Morgan fingerprint density at radius 1 is 1.29 bits per heavy atom. The van der Waals surface area contributed by atoms with Gasteiger partial charge in [-0.05, 0) is 56.9 Å². The lowest BCUT2D eigenvalue weighted by atomic mass is 10.0. The Morgan fingerprint density at radius 2 is 2.00 bits per heavy atom. The molecular weight excluding hydrogens is 346 g/mol. The maximum absolute atomic E-state index is 13.8. The molecule has 5 heteroatoms. The molecule has 1 atom stereocenters. The molecule has 1 aromatic heterocycles. The third-order valence-corrected chi connectivity index (χ3v) is 5.03. The summed E-state index contributed by atoms with van der Waals surface area (Å²) in [4.78, 5) is 0. The summed E-state index contributed by atoms with van der Waals surface area (Å²) in [5.41, 5.74) is 2.39. The number of halogens is 4. The quantitative estimate of drug-likeness (QED) is 0.463. The summed E-state index contributed by atoms with van der Waals surface area (Å²) in [5.74, 6) is -0.355. The minimum absolute atomic E-state index is 0.355. The van der Waals surface area contributed by atoms with Gasteiger partial charge in [0, 0.05) is 10.0 Å². The van der Waals surface area contributed by atoms with Crippen molar-refractivity contribution in [2.75, 3.05) is 0 Å². The second-order valence-corrected chi connectivity index (χ2v) is 6.10. The van der Waals surface area contributed by atoms with Crippen molar-refractivity contribution in [2.24, 2.45) is 0 Å². The van der Waals surface area contributed by atoms with Crippen LogP contribution in [0.3, 0.4) is 0 Å². The lowest BCUT2D eigenvalue weighted by Gasteiger charge is -2.12. The van der Waals surface area contributed by atoms with Gasteiger partial charge in [-0.3, -0.25) is 0 Å². The number of hydrogen-bond donors (Lipinski definition) is 0. The maximum atomic E-state index is 13.8. The standard InChI is InChI=1S/C12H8BrCl2FS/c1-6-4-17-5-8(6)12(15)7-2-10(14)9(13)3-11(7)16/h2-5,12H,1H3. The molecule has 90 valence electrons. The van der Waals surface area contributed by atoms with Crippen molar-refractivity contribution >= 4 is 50.5 Å². The molecule has 0 nitrogen and oxygen atoms in total. The first kappa shape index (κ1) is 13.3. The molecule has 0 N–H and O–H groups in total. The molecule has 0 aliphatic rings. The molecule has 0 radical (unpaired) electrons. The van der Waals surface area contributed by atoms with E-state index in [-0.39, 0.29) is 5.82 Å². The molecule has 0 spiro atoms. The highest BCUT2D eigenvalue weighted by Crippen LogP contribution is 2.37. The first-order valence-corrected chi connectivity index (χ1v) is 7.37. The zero-order chi connectivity index (χ0) is 12.6. The first-order valence-electron chi connectivity index (χ1n) is 4.82. The van der Waals surface area contributed by atoms with Gasteiger partial charge in [0.05, 0.1) is 10.4 Å². The lowest BCUT2D eigenvalue weighted by Crippen LogP contribution is -1.97. The highest BCUT2D eigenvalue weighted by molar-refractivity contribution is 9.10. The lowest BCUT2D eigenvalue weighted by molar-refractivity contribution is 0.611. The van der Waals surface area contributed by atoms with Crippen molar-refractivity contribution in [1.29, 1.82) is 0 Å². The van der Waals surface area contributed by atoms with E-state index >= 15 is 0 Å². The van der Waals surface area contributed by atoms with Gasteiger partial charge in [0.25, 0.3) is 0 Å². The summed E-state index contributed by atoms with van der Waals surface area (Å²) in [6.45, 7) is 1.96. The predicted octanol–water partition coefficient (Wildman–Crippen LogP) is 5.94. The van der Waals surface area contributed by atoms with E-state index in [1.807, 2.05) is 17.7 Å². The monoisotopic (exact) mass is 352 g/mol. The van der Waals surface area contributed by atoms with Crippen LogP contribution in [-0.4, -0.2) is 0 Å². The Balaban J connectivity index is 2.48. The van der Waals surface area contributed by atoms with Gasteiger partial charge in [-0.15, -0.1) is 11.6 Å². The van der Waals surface area contributed by atoms with Crippen molar-refractivity contribution in [3.63, 3.8) is 0 Å². The normalized spacial score (nSPS) is 12.8. The predicted molar refractivity (Wildman–Crippen MR) is 75.9 cm³/mol. The number of hydrogen-bond acceptors (Lipinski definition) is 1. The summed E-state index contributed by atoms with van der Waals surface area (Å²) in [6.07, 6.45) is 0. The van der Waals surface area contributed by atoms with E-state index in [9.17, 15) is 4.39 Å². The largest absolute Gasteiger partial charge is 0.207 e. The Labute approximate surface area is 121 Å². The number of aryl methyl sites for hydroxylation is 1. The van der Waals surface area contributed by atoms with Gasteiger partial charge in [0.2, 0.25) is 0 Å². The summed E-state index contributed by atoms with van der Waals surface area (Å²) in [6, 6.07) is 2.91. The minimum Gasteiger partial charge on any atom is -0.207 e. The fourth-order valence-corrected chi connectivity index (χ4v) is 3.37. The number of rotatable bonds is 2. The van der Waals surface area contributed by atoms with Gasteiger partial charge in [-0.25, -0.2) is 4.39 Å². The Kier molecular flexibility index (Phi) is 4.14. The zero-order valence-corrected chi connectivity index (χ0v) is 12.7. The van der Waals surface area contributed by atoms with Crippen LogP contribution >= 0.6 is 50.5 Å². The molecular formula is C12H8BrCl2FS. The Morgan fingerprint density at radius 3 is 2.59 bits per heavy atom. The zero-order valence-electron chi connectivity index (χ0n) is 8.81. The van der Waals surface area contributed by atoms with E-state index in [0.717, 1.165) is 11.1 Å². The second kappa shape index (κ2) is 5.27. The summed E-state index contributed by atoms with van der Waals surface area (Å²) in [5, 5.41) is 3.87. The second-order valence-electron chi connectivity index (χ2n) is 3.66. The smallest absolute Gasteiger partial charge is 0.129 e. The van der Waals surface area contributed by atoms with E-state index in [0.29, 0.717) is 15.1 Å². The van der Waals surface area contributed by atoms with Gasteiger partial charge in [-0.1, -0.05) is 11.6 Å². The van der Waals surface area contributed by atoms with Gasteiger partial charge in [0.15, 0.2) is 0 Å². The SMILES string of the molecule is Cc1cscc1C(Cl)c1cc(Cl)c(Br)cc1F. The molecule has 0 saturated heterocycles. The van der Waals surface area contributed by atoms with Crippen LogP contribution in [-0.2, 0) is 0 Å². The molecule has 0 aliphatic carbocycles. The average Bonchev–Trinajstić information content (AvgIpc) is 2.69. The third-order valence-electron chi connectivity index (χ3n) is 2.48. The fourth-order valence-electron chi connectivity index (χ4n) is 1.53. The Bertz CT molecular complexity index is 553. The average molecular weight is 354 g/mol. The molecule has 0 fully saturated rings. The van der Waals surface area contributed by atoms with E-state index in [1.165, 1.54) is 6.07 Å². The van der Waals surface area contributed by atoms with Crippen molar-refractivity contribution in [1.82, 2.24) is 0 Å². The van der Waals surface area contributed by atoms with Crippen molar-refractivity contribution < 1.29 is 4.39 Å². The maximum Gasteiger partial charge on any atom is 0.129 e. The molecule has 1 aromatic carbocycles. The number of alkyl halides is 1. The molecule has 17 heavy (non-hydrogen) atoms. The van der Waals surface area contributed by atoms with Crippen LogP contribution < -0.4 is 0 Å². The molecule has 1 heterocycles. The molecule has 0 saturated carbocycles. The minimum atomic E-state index is -0.508. The highest BCUT2D eigenvalue weighted by Gasteiger charge is 2.19. The van der Waals surface area contributed by atoms with Crippen LogP contribution in [0.5, 0.6) is 0 Å². The van der Waals surface area contributed by atoms with Crippen LogP contribution in [0, 0.1) is 12.7 Å². The summed E-state index contributed by atoms with van der Waals surface area (Å²) >= 11 is 17.0. The van der Waals surface area contributed by atoms with E-state index in [4.69, 9.17) is 23.2 Å². The fraction of sp³-hybridized carbons (Fsp3) is 0.167. The molecule has 0 amide bonds. The van der Waals surface area contributed by atoms with Crippen LogP contribution in [0.25, 0.3) is 0 Å². The topological polar surface area (TPSA) is 0 Å². The van der Waals surface area contributed by atoms with Gasteiger partial charge < -0.3 is 0 Å². The van der Waals surface area contributed by atoms with Crippen LogP contribution in [0.15, 0.2) is 27.4 Å². The molecule has 0 aliphatic heterocycles. The number of benzene rings is 1. The van der Waals surface area contributed by atoms with Gasteiger partial charge in [-0.2, -0.15) is 11.3 Å². The molecule has 2 aromatic rings. The summed E-state index contributed by atoms with van der Waals surface area (Å²) < 4.78 is 14.4. The van der Waals surface area contributed by atoms with Crippen molar-refractivity contribution in [2.45, 2.75) is 12.3 Å². The van der Waals surface area contributed by atoms with E-state index in [2.05, 4.69) is 15.9 Å². The third kappa shape index (κ3) is 2.68. The molecule has 2 rings (SSSR count). The van der Waals surface area contributed by atoms with Crippen molar-refractivity contribution in [3.05, 3.63) is 54.9 Å². The van der Waals surface area contributed by atoms with Crippen LogP contribution in [0.2, 0.25) is 5.02 Å². The molecule has 1 unspecified atom stereocenters.